The van der Waals surface area contributed by atoms with E-state index in [0.29, 0.717) is 24.2 Å². The van der Waals surface area contributed by atoms with Crippen LogP contribution in [-0.2, 0) is 14.3 Å². The van der Waals surface area contributed by atoms with Crippen LogP contribution < -0.4 is 0 Å². The van der Waals surface area contributed by atoms with Crippen LogP contribution >= 0.6 is 0 Å². The average Bonchev–Trinajstić information content (AvgIpc) is 3.29. The smallest absolute Gasteiger partial charge is 0.335 e. The second-order valence-electron chi connectivity index (χ2n) is 14.0. The molecule has 4 rings (SSSR count). The Morgan fingerprint density at radius 3 is 2.45 bits per heavy atom. The molecule has 0 amide bonds. The molecule has 4 fully saturated rings. The number of carboxylic acids is 1. The highest BCUT2D eigenvalue weighted by Gasteiger charge is 2.51. The summed E-state index contributed by atoms with van der Waals surface area (Å²) in [6, 6.07) is 0. The Labute approximate surface area is 250 Å². The lowest BCUT2D eigenvalue weighted by atomic mass is 9.61. The van der Waals surface area contributed by atoms with Gasteiger partial charge in [-0.15, -0.1) is 0 Å². The molecule has 3 aliphatic carbocycles. The highest BCUT2D eigenvalue weighted by Crippen LogP contribution is 2.59. The summed E-state index contributed by atoms with van der Waals surface area (Å²) in [5.74, 6) is -0.110. The number of aliphatic hydroxyl groups is 4. The van der Waals surface area contributed by atoms with Gasteiger partial charge >= 0.3 is 5.97 Å². The van der Waals surface area contributed by atoms with E-state index in [4.69, 9.17) is 9.47 Å². The van der Waals surface area contributed by atoms with Crippen molar-refractivity contribution in [3.63, 3.8) is 0 Å². The first-order chi connectivity index (χ1) is 19.7. The zero-order valence-electron chi connectivity index (χ0n) is 25.9. The van der Waals surface area contributed by atoms with Gasteiger partial charge in [0.15, 0.2) is 12.4 Å². The van der Waals surface area contributed by atoms with E-state index in [9.17, 15) is 30.3 Å². The van der Waals surface area contributed by atoms with Crippen LogP contribution in [0.15, 0.2) is 47.6 Å². The van der Waals surface area contributed by atoms with Crippen LogP contribution in [0.2, 0.25) is 0 Å². The van der Waals surface area contributed by atoms with Gasteiger partial charge in [-0.25, -0.2) is 4.79 Å². The van der Waals surface area contributed by atoms with Crippen molar-refractivity contribution in [2.24, 2.45) is 29.1 Å². The molecule has 0 aromatic heterocycles. The van der Waals surface area contributed by atoms with Crippen molar-refractivity contribution in [2.45, 2.75) is 128 Å². The predicted octanol–water partition coefficient (Wildman–Crippen LogP) is 4.67. The monoisotopic (exact) mass is 588 g/mol. The molecule has 0 aromatic rings. The molecule has 8 heteroatoms. The summed E-state index contributed by atoms with van der Waals surface area (Å²) in [4.78, 5) is 11.5. The topological polar surface area (TPSA) is 137 Å². The van der Waals surface area contributed by atoms with Gasteiger partial charge in [-0.3, -0.25) is 0 Å². The molecule has 8 nitrogen and oxygen atoms in total. The van der Waals surface area contributed by atoms with Crippen molar-refractivity contribution in [1.82, 2.24) is 0 Å². The largest absolute Gasteiger partial charge is 0.479 e. The number of rotatable bonds is 8. The van der Waals surface area contributed by atoms with E-state index in [1.807, 2.05) is 20.8 Å². The van der Waals surface area contributed by atoms with E-state index < -0.39 is 42.3 Å². The third-order valence-electron chi connectivity index (χ3n) is 10.9. The van der Waals surface area contributed by atoms with Crippen LogP contribution in [0, 0.1) is 29.1 Å². The second kappa shape index (κ2) is 13.0. The highest BCUT2D eigenvalue weighted by atomic mass is 16.7. The van der Waals surface area contributed by atoms with Crippen molar-refractivity contribution in [1.29, 1.82) is 0 Å². The maximum atomic E-state index is 11.5. The standard InChI is InChI=1S/C34H52O8/c1-19-10-14-24(35)18-23(19)13-12-22-8-7-17-34(6)25(15-16-26(22)34)20(2)9-11-21(3)33(4,5)42-32-29(38)27(36)28(37)30(41-32)31(39)40/h9,11-13,20-21,24-30,32,35-38H,1,7-8,10,14-18H2,2-6H3,(H,39,40)/b11-9+,22-12+,23-13+/t20-,21+,24+,25-,26-,27+,28+,29-,30+,32+,34+/m1/s1. The number of hydrogen-bond acceptors (Lipinski definition) is 7. The van der Waals surface area contributed by atoms with Gasteiger partial charge < -0.3 is 35.0 Å². The molecule has 236 valence electrons. The maximum Gasteiger partial charge on any atom is 0.335 e. The lowest BCUT2D eigenvalue weighted by Gasteiger charge is -2.44. The normalized spacial score (nSPS) is 41.3. The number of aliphatic hydroxyl groups excluding tert-OH is 4. The summed E-state index contributed by atoms with van der Waals surface area (Å²) in [5.41, 5.74) is 3.24. The van der Waals surface area contributed by atoms with Gasteiger partial charge in [0.25, 0.3) is 0 Å². The van der Waals surface area contributed by atoms with E-state index in [-0.39, 0.29) is 17.4 Å². The minimum Gasteiger partial charge on any atom is -0.479 e. The van der Waals surface area contributed by atoms with Crippen molar-refractivity contribution in [3.8, 4) is 0 Å². The van der Waals surface area contributed by atoms with Crippen LogP contribution in [0.1, 0.15) is 86.0 Å². The SMILES string of the molecule is C=C1CC[C@H](O)C/C1=C\C=C1/CCC[C@]2(C)[C@@H]1CC[C@@H]2[C@H](C)/C=C/[C@H](C)C(C)(C)O[C@@H]1O[C@H](C(=O)O)[C@@H](O)[C@H](O)[C@H]1O. The number of fused-ring (bicyclic) bond motifs is 1. The summed E-state index contributed by atoms with van der Waals surface area (Å²) >= 11 is 0. The molecule has 4 aliphatic rings. The Kier molecular flexibility index (Phi) is 10.3. The zero-order chi connectivity index (χ0) is 31.0. The third-order valence-corrected chi connectivity index (χ3v) is 10.9. The fourth-order valence-electron chi connectivity index (χ4n) is 7.80. The van der Waals surface area contributed by atoms with E-state index in [2.05, 4.69) is 44.7 Å². The fraction of sp³-hybridized carbons (Fsp3) is 0.735. The minimum atomic E-state index is -1.75. The molecule has 11 atom stereocenters. The van der Waals surface area contributed by atoms with Crippen LogP contribution in [-0.4, -0.2) is 73.9 Å². The van der Waals surface area contributed by atoms with Crippen molar-refractivity contribution >= 4 is 5.97 Å². The molecule has 1 heterocycles. The number of hydrogen-bond donors (Lipinski definition) is 5. The minimum absolute atomic E-state index is 0.111. The molecule has 3 saturated carbocycles. The molecular formula is C34H52O8. The van der Waals surface area contributed by atoms with Crippen LogP contribution in [0.25, 0.3) is 0 Å². The van der Waals surface area contributed by atoms with Gasteiger partial charge in [-0.05, 0) is 94.0 Å². The quantitative estimate of drug-likeness (QED) is 0.258. The van der Waals surface area contributed by atoms with E-state index in [1.54, 1.807) is 0 Å². The number of allylic oxidation sites excluding steroid dienone is 5. The van der Waals surface area contributed by atoms with E-state index in [1.165, 1.54) is 36.8 Å². The molecule has 0 bridgehead atoms. The average molecular weight is 589 g/mol. The van der Waals surface area contributed by atoms with Gasteiger partial charge in [-0.1, -0.05) is 62.8 Å². The number of carbonyl (C=O) groups is 1. The molecule has 0 unspecified atom stereocenters. The molecule has 1 aliphatic heterocycles. The fourth-order valence-corrected chi connectivity index (χ4v) is 7.80. The van der Waals surface area contributed by atoms with Gasteiger partial charge in [0.05, 0.1) is 11.7 Å². The highest BCUT2D eigenvalue weighted by molar-refractivity contribution is 5.73. The number of ether oxygens (including phenoxy) is 2. The first-order valence-corrected chi connectivity index (χ1v) is 15.7. The Hall–Kier alpha value is -1.81. The Bertz CT molecular complexity index is 1090. The van der Waals surface area contributed by atoms with Crippen LogP contribution in [0.3, 0.4) is 0 Å². The van der Waals surface area contributed by atoms with Crippen molar-refractivity contribution in [2.75, 3.05) is 0 Å². The van der Waals surface area contributed by atoms with E-state index >= 15 is 0 Å². The lowest BCUT2D eigenvalue weighted by molar-refractivity contribution is -0.319. The van der Waals surface area contributed by atoms with Crippen molar-refractivity contribution < 1.29 is 39.8 Å². The third kappa shape index (κ3) is 6.79. The lowest BCUT2D eigenvalue weighted by Crippen LogP contribution is -2.61. The summed E-state index contributed by atoms with van der Waals surface area (Å²) in [5, 5.41) is 50.1. The Morgan fingerprint density at radius 2 is 1.76 bits per heavy atom. The second-order valence-corrected chi connectivity index (χ2v) is 14.0. The summed E-state index contributed by atoms with van der Waals surface area (Å²) < 4.78 is 11.4. The first kappa shape index (κ1) is 33.1. The van der Waals surface area contributed by atoms with Crippen molar-refractivity contribution in [3.05, 3.63) is 47.6 Å². The summed E-state index contributed by atoms with van der Waals surface area (Å²) in [6.45, 7) is 14.7. The predicted molar refractivity (Wildman–Crippen MR) is 160 cm³/mol. The zero-order valence-corrected chi connectivity index (χ0v) is 25.9. The molecule has 0 spiro atoms. The first-order valence-electron chi connectivity index (χ1n) is 15.7. The van der Waals surface area contributed by atoms with Gasteiger partial charge in [0.2, 0.25) is 0 Å². The van der Waals surface area contributed by atoms with Crippen LogP contribution in [0.4, 0.5) is 0 Å². The number of aliphatic carboxylic acids is 1. The Morgan fingerprint density at radius 1 is 1.05 bits per heavy atom. The number of carboxylic acid groups (broad SMARTS) is 1. The molecule has 5 N–H and O–H groups in total. The van der Waals surface area contributed by atoms with E-state index in [0.717, 1.165) is 24.8 Å². The molecule has 42 heavy (non-hydrogen) atoms. The molecule has 0 aromatic carbocycles. The maximum absolute atomic E-state index is 11.5. The van der Waals surface area contributed by atoms with Gasteiger partial charge in [-0.2, -0.15) is 0 Å². The summed E-state index contributed by atoms with van der Waals surface area (Å²) in [6.07, 6.45) is 8.80. The molecule has 1 saturated heterocycles. The summed E-state index contributed by atoms with van der Waals surface area (Å²) in [7, 11) is 0. The van der Waals surface area contributed by atoms with Gasteiger partial charge in [0, 0.05) is 5.92 Å². The molecule has 0 radical (unpaired) electrons. The molecular weight excluding hydrogens is 536 g/mol. The van der Waals surface area contributed by atoms with Crippen LogP contribution in [0.5, 0.6) is 0 Å². The van der Waals surface area contributed by atoms with Gasteiger partial charge in [0.1, 0.15) is 18.3 Å². The Balaban J connectivity index is 1.41.